The molecule has 0 spiro atoms. The van der Waals surface area contributed by atoms with Crippen LogP contribution in [-0.4, -0.2) is 23.1 Å². The molecule has 0 aliphatic heterocycles. The van der Waals surface area contributed by atoms with E-state index in [1.54, 1.807) is 55.6 Å². The van der Waals surface area contributed by atoms with Gasteiger partial charge in [0, 0.05) is 21.3 Å². The van der Waals surface area contributed by atoms with Gasteiger partial charge in [0.05, 0.1) is 12.1 Å². The first-order valence-electron chi connectivity index (χ1n) is 9.05. The van der Waals surface area contributed by atoms with Gasteiger partial charge in [-0.1, -0.05) is 33.6 Å². The van der Waals surface area contributed by atoms with Gasteiger partial charge in [0.2, 0.25) is 5.89 Å². The predicted octanol–water partition coefficient (Wildman–Crippen LogP) is 6.05. The van der Waals surface area contributed by atoms with Crippen molar-refractivity contribution in [1.29, 1.82) is 0 Å². The van der Waals surface area contributed by atoms with E-state index in [-0.39, 0.29) is 11.0 Å². The third-order valence-electron chi connectivity index (χ3n) is 4.36. The number of nitrogens with one attached hydrogen (secondary N) is 2. The predicted molar refractivity (Wildman–Crippen MR) is 129 cm³/mol. The minimum absolute atomic E-state index is 0.176. The van der Waals surface area contributed by atoms with Crippen molar-refractivity contribution in [3.63, 3.8) is 0 Å². The summed E-state index contributed by atoms with van der Waals surface area (Å²) >= 11 is 14.8. The number of oxazole rings is 1. The smallest absolute Gasteiger partial charge is 0.257 e. The lowest BCUT2D eigenvalue weighted by Gasteiger charge is -2.09. The van der Waals surface area contributed by atoms with Crippen molar-refractivity contribution in [1.82, 2.24) is 10.3 Å². The van der Waals surface area contributed by atoms with Crippen LogP contribution in [0.2, 0.25) is 5.02 Å². The van der Waals surface area contributed by atoms with Crippen LogP contribution in [0.25, 0.3) is 22.6 Å². The summed E-state index contributed by atoms with van der Waals surface area (Å²) in [5.74, 6) is 0.702. The van der Waals surface area contributed by atoms with Gasteiger partial charge in [-0.25, -0.2) is 4.98 Å². The average Bonchev–Trinajstić information content (AvgIpc) is 3.17. The molecular formula is C22H15BrClN3O3S. The number of fused-ring (bicyclic) bond motifs is 1. The fraction of sp³-hybridized carbons (Fsp3) is 0.0455. The lowest BCUT2D eigenvalue weighted by molar-refractivity contribution is 0.0977. The van der Waals surface area contributed by atoms with E-state index in [9.17, 15) is 4.79 Å². The van der Waals surface area contributed by atoms with E-state index in [2.05, 4.69) is 31.5 Å². The zero-order chi connectivity index (χ0) is 22.0. The molecule has 4 rings (SSSR count). The molecule has 1 amide bonds. The number of thiocarbonyl (C=S) groups is 1. The fourth-order valence-corrected chi connectivity index (χ4v) is 3.76. The number of carbonyl (C=O) groups excluding carboxylic acids is 1. The van der Waals surface area contributed by atoms with Crippen molar-refractivity contribution in [2.75, 3.05) is 12.4 Å². The van der Waals surface area contributed by atoms with Gasteiger partial charge in [0.1, 0.15) is 11.3 Å². The number of halogens is 2. The van der Waals surface area contributed by atoms with E-state index in [1.165, 1.54) is 0 Å². The molecule has 0 radical (unpaired) electrons. The summed E-state index contributed by atoms with van der Waals surface area (Å²) in [6.45, 7) is 0. The number of amides is 1. The van der Waals surface area contributed by atoms with Crippen LogP contribution in [-0.2, 0) is 0 Å². The average molecular weight is 517 g/mol. The summed E-state index contributed by atoms with van der Waals surface area (Å²) in [7, 11) is 1.56. The normalized spacial score (nSPS) is 10.7. The molecule has 6 nitrogen and oxygen atoms in total. The second-order valence-electron chi connectivity index (χ2n) is 6.47. The number of anilines is 1. The molecule has 9 heteroatoms. The molecule has 1 aromatic heterocycles. The number of hydrogen-bond donors (Lipinski definition) is 2. The van der Waals surface area contributed by atoms with Gasteiger partial charge in [0.25, 0.3) is 5.91 Å². The van der Waals surface area contributed by atoms with Gasteiger partial charge in [0.15, 0.2) is 10.7 Å². The zero-order valence-electron chi connectivity index (χ0n) is 16.1. The van der Waals surface area contributed by atoms with Crippen LogP contribution in [0.4, 0.5) is 5.69 Å². The molecule has 3 aromatic carbocycles. The highest BCUT2D eigenvalue weighted by atomic mass is 79.9. The van der Waals surface area contributed by atoms with Gasteiger partial charge >= 0.3 is 0 Å². The van der Waals surface area contributed by atoms with E-state index in [4.69, 9.17) is 33.0 Å². The van der Waals surface area contributed by atoms with Crippen molar-refractivity contribution < 1.29 is 13.9 Å². The van der Waals surface area contributed by atoms with Crippen molar-refractivity contribution >= 4 is 67.6 Å². The summed E-state index contributed by atoms with van der Waals surface area (Å²) in [4.78, 5) is 16.9. The molecule has 0 bridgehead atoms. The number of ether oxygens (including phenoxy) is 1. The van der Waals surface area contributed by atoms with E-state index < -0.39 is 0 Å². The standard InChI is InChI=1S/C22H15BrClN3O3S/c1-29-18-7-5-13(10-16(18)24)21-26-17-11-15(6-8-19(17)30-21)25-22(31)27-20(28)12-3-2-4-14(23)9-12/h2-11H,1H3,(H2,25,27,28,31). The number of methoxy groups -OCH3 is 1. The van der Waals surface area contributed by atoms with Crippen LogP contribution >= 0.6 is 39.7 Å². The Balaban J connectivity index is 1.49. The van der Waals surface area contributed by atoms with Crippen molar-refractivity contribution in [3.8, 4) is 17.2 Å². The third kappa shape index (κ3) is 4.87. The molecule has 0 atom stereocenters. The second-order valence-corrected chi connectivity index (χ2v) is 8.20. The van der Waals surface area contributed by atoms with E-state index in [0.29, 0.717) is 39.0 Å². The Morgan fingerprint density at radius 2 is 2.00 bits per heavy atom. The molecular weight excluding hydrogens is 502 g/mol. The highest BCUT2D eigenvalue weighted by Crippen LogP contribution is 2.32. The van der Waals surface area contributed by atoms with Gasteiger partial charge in [-0.3, -0.25) is 10.1 Å². The largest absolute Gasteiger partial charge is 0.495 e. The summed E-state index contributed by atoms with van der Waals surface area (Å²) in [5.41, 5.74) is 3.13. The van der Waals surface area contributed by atoms with Crippen molar-refractivity contribution in [3.05, 3.63) is 75.7 Å². The van der Waals surface area contributed by atoms with Gasteiger partial charge in [-0.2, -0.15) is 0 Å². The van der Waals surface area contributed by atoms with Crippen LogP contribution in [0, 0.1) is 0 Å². The quantitative estimate of drug-likeness (QED) is 0.322. The molecule has 1 heterocycles. The topological polar surface area (TPSA) is 76.4 Å². The van der Waals surface area contributed by atoms with Crippen molar-refractivity contribution in [2.45, 2.75) is 0 Å². The Morgan fingerprint density at radius 1 is 1.16 bits per heavy atom. The molecule has 4 aromatic rings. The molecule has 0 aliphatic carbocycles. The Morgan fingerprint density at radius 3 is 2.74 bits per heavy atom. The first-order chi connectivity index (χ1) is 14.9. The Labute approximate surface area is 196 Å². The van der Waals surface area contributed by atoms with Crippen LogP contribution < -0.4 is 15.4 Å². The zero-order valence-corrected chi connectivity index (χ0v) is 19.3. The summed E-state index contributed by atoms with van der Waals surface area (Å²) in [5, 5.41) is 6.29. The first-order valence-corrected chi connectivity index (χ1v) is 10.6. The fourth-order valence-electron chi connectivity index (χ4n) is 2.90. The molecule has 0 unspecified atom stereocenters. The second kappa shape index (κ2) is 9.05. The lowest BCUT2D eigenvalue weighted by Crippen LogP contribution is -2.34. The SMILES string of the molecule is COc1ccc(-c2nc3cc(NC(=S)NC(=O)c4cccc(Br)c4)ccc3o2)cc1Cl. The highest BCUT2D eigenvalue weighted by molar-refractivity contribution is 9.10. The van der Waals surface area contributed by atoms with Crippen molar-refractivity contribution in [2.24, 2.45) is 0 Å². The summed E-state index contributed by atoms with van der Waals surface area (Å²) in [6, 6.07) is 17.7. The number of hydrogen-bond acceptors (Lipinski definition) is 5. The number of nitrogens with zero attached hydrogens (tertiary/aromatic N) is 1. The van der Waals surface area contributed by atoms with E-state index >= 15 is 0 Å². The minimum atomic E-state index is -0.306. The lowest BCUT2D eigenvalue weighted by atomic mass is 10.2. The van der Waals surface area contributed by atoms with Gasteiger partial charge < -0.3 is 14.5 Å². The summed E-state index contributed by atoms with van der Waals surface area (Å²) < 4.78 is 11.8. The van der Waals surface area contributed by atoms with Gasteiger partial charge in [-0.05, 0) is 66.8 Å². The molecule has 31 heavy (non-hydrogen) atoms. The highest BCUT2D eigenvalue weighted by Gasteiger charge is 2.13. The molecule has 0 aliphatic rings. The molecule has 0 saturated carbocycles. The minimum Gasteiger partial charge on any atom is -0.495 e. The number of carbonyl (C=O) groups is 1. The maximum absolute atomic E-state index is 12.3. The number of rotatable bonds is 4. The van der Waals surface area contributed by atoms with Gasteiger partial charge in [-0.15, -0.1) is 0 Å². The van der Waals surface area contributed by atoms with E-state index in [0.717, 1.165) is 10.0 Å². The number of aromatic nitrogens is 1. The van der Waals surface area contributed by atoms with Crippen LogP contribution in [0.3, 0.4) is 0 Å². The third-order valence-corrected chi connectivity index (χ3v) is 5.35. The monoisotopic (exact) mass is 515 g/mol. The molecule has 0 saturated heterocycles. The Kier molecular flexibility index (Phi) is 6.22. The molecule has 2 N–H and O–H groups in total. The molecule has 0 fully saturated rings. The van der Waals surface area contributed by atoms with Crippen LogP contribution in [0.15, 0.2) is 69.6 Å². The van der Waals surface area contributed by atoms with Crippen LogP contribution in [0.1, 0.15) is 10.4 Å². The first kappa shape index (κ1) is 21.3. The van der Waals surface area contributed by atoms with E-state index in [1.807, 2.05) is 12.1 Å². The maximum Gasteiger partial charge on any atom is 0.257 e. The van der Waals surface area contributed by atoms with Crippen LogP contribution in [0.5, 0.6) is 5.75 Å². The Bertz CT molecular complexity index is 1310. The Hall–Kier alpha value is -2.94. The molecule has 156 valence electrons. The maximum atomic E-state index is 12.3. The number of benzene rings is 3. The summed E-state index contributed by atoms with van der Waals surface area (Å²) in [6.07, 6.45) is 0.